The molecule has 0 amide bonds. The molecule has 0 aliphatic carbocycles. The molecule has 2 rings (SSSR count). The number of anilines is 1. The Balaban J connectivity index is 2.47. The van der Waals surface area contributed by atoms with E-state index in [4.69, 9.17) is 4.74 Å². The van der Waals surface area contributed by atoms with Gasteiger partial charge >= 0.3 is 0 Å². The van der Waals surface area contributed by atoms with Crippen LogP contribution >= 0.6 is 0 Å². The van der Waals surface area contributed by atoms with Crippen molar-refractivity contribution in [1.82, 2.24) is 9.88 Å². The number of aromatic nitrogens is 1. The number of hydrogen-bond acceptors (Lipinski definition) is 7. The van der Waals surface area contributed by atoms with Crippen LogP contribution < -0.4 is 5.32 Å². The molecule has 1 fully saturated rings. The topological polar surface area (TPSA) is 95.3 Å². The number of hydrogen-bond donors (Lipinski definition) is 1. The molecule has 0 aromatic carbocycles. The Hall–Kier alpha value is -2.53. The summed E-state index contributed by atoms with van der Waals surface area (Å²) in [7, 11) is 7.85. The van der Waals surface area contributed by atoms with Crippen LogP contribution in [0.2, 0.25) is 0 Å². The monoisotopic (exact) mass is 392 g/mol. The van der Waals surface area contributed by atoms with Gasteiger partial charge in [-0.25, -0.2) is 0 Å². The maximum absolute atomic E-state index is 11.9. The first-order chi connectivity index (χ1) is 13.5. The molecule has 0 radical (unpaired) electrons. The molecule has 150 valence electrons. The number of nitrogens with one attached hydrogen (secondary N) is 1. The lowest BCUT2D eigenvalue weighted by atomic mass is 9.52. The SMILES string of the molecule is BC(B)(B)OC1(C)CCN(/C(=C(\C#N)C=O)c2cc(C(C)=O)ncc2NC)CC1. The van der Waals surface area contributed by atoms with E-state index in [1.54, 1.807) is 19.3 Å². The summed E-state index contributed by atoms with van der Waals surface area (Å²) in [4.78, 5) is 29.7. The highest BCUT2D eigenvalue weighted by Gasteiger charge is 2.36. The number of nitrogens with zero attached hydrogens (tertiary/aromatic N) is 3. The molecule has 2 heterocycles. The standard InChI is InChI=1S/C19H27B3N4O3/c1-12(28)15-8-14(16(24-3)10-25-15)17(13(9-23)11-27)26-6-4-18(2,5-7-26)29-19(20,21)22/h8,10-11,24H,4-7,20-22H2,1-3H3/b17-13+. The van der Waals surface area contributed by atoms with Gasteiger partial charge in [-0.05, 0) is 31.1 Å². The number of ether oxygens (including phenoxy) is 1. The fourth-order valence-electron chi connectivity index (χ4n) is 3.71. The molecule has 1 saturated heterocycles. The van der Waals surface area contributed by atoms with Crippen LogP contribution in [-0.4, -0.2) is 76.5 Å². The minimum absolute atomic E-state index is 0.0301. The summed E-state index contributed by atoms with van der Waals surface area (Å²) < 4.78 is 6.26. The number of aldehydes is 1. The van der Waals surface area contributed by atoms with Gasteiger partial charge in [0.25, 0.3) is 0 Å². The first kappa shape index (κ1) is 22.8. The molecule has 0 unspecified atom stereocenters. The summed E-state index contributed by atoms with van der Waals surface area (Å²) in [5.41, 5.74) is 1.84. The number of piperidine rings is 1. The predicted octanol–water partition coefficient (Wildman–Crippen LogP) is -0.859. The van der Waals surface area contributed by atoms with Crippen molar-refractivity contribution in [3.05, 3.63) is 29.1 Å². The van der Waals surface area contributed by atoms with Crippen LogP contribution in [0, 0.1) is 11.3 Å². The van der Waals surface area contributed by atoms with Crippen molar-refractivity contribution in [1.29, 1.82) is 5.26 Å². The zero-order valence-corrected chi connectivity index (χ0v) is 18.1. The van der Waals surface area contributed by atoms with Gasteiger partial charge < -0.3 is 15.0 Å². The van der Waals surface area contributed by atoms with Gasteiger partial charge in [0.05, 0.1) is 23.2 Å². The average Bonchev–Trinajstić information content (AvgIpc) is 2.65. The predicted molar refractivity (Wildman–Crippen MR) is 121 cm³/mol. The molecule has 1 aromatic heterocycles. The average molecular weight is 392 g/mol. The number of carbonyl (C=O) groups is 2. The molecule has 0 spiro atoms. The Morgan fingerprint density at radius 1 is 1.41 bits per heavy atom. The lowest BCUT2D eigenvalue weighted by Gasteiger charge is -2.45. The highest BCUT2D eigenvalue weighted by atomic mass is 16.5. The molecule has 0 bridgehead atoms. The van der Waals surface area contributed by atoms with E-state index in [9.17, 15) is 14.9 Å². The van der Waals surface area contributed by atoms with Crippen molar-refractivity contribution in [2.45, 2.75) is 37.6 Å². The molecule has 1 N–H and O–H groups in total. The smallest absolute Gasteiger partial charge is 0.178 e. The Bertz CT molecular complexity index is 866. The van der Waals surface area contributed by atoms with Crippen LogP contribution in [0.1, 0.15) is 42.7 Å². The summed E-state index contributed by atoms with van der Waals surface area (Å²) in [5.74, 6) is -0.178. The third kappa shape index (κ3) is 5.51. The highest BCUT2D eigenvalue weighted by molar-refractivity contribution is 6.58. The molecule has 29 heavy (non-hydrogen) atoms. The summed E-state index contributed by atoms with van der Waals surface area (Å²) in [6.45, 7) is 4.79. The normalized spacial score (nSPS) is 17.1. The fourth-order valence-corrected chi connectivity index (χ4v) is 3.71. The number of likely N-dealkylation sites (tertiary alicyclic amines) is 1. The third-order valence-electron chi connectivity index (χ3n) is 4.97. The molecule has 1 aromatic rings. The molecular weight excluding hydrogens is 365 g/mol. The van der Waals surface area contributed by atoms with Crippen LogP contribution in [0.3, 0.4) is 0 Å². The van der Waals surface area contributed by atoms with Crippen molar-refractivity contribution in [3.8, 4) is 6.07 Å². The van der Waals surface area contributed by atoms with E-state index in [1.165, 1.54) is 6.92 Å². The van der Waals surface area contributed by atoms with E-state index in [1.807, 2.05) is 34.5 Å². The number of Topliss-reactive ketones (excluding diaryl/α,β-unsaturated/α-hetero) is 1. The Labute approximate surface area is 175 Å². The Kier molecular flexibility index (Phi) is 6.96. The first-order valence-electron chi connectivity index (χ1n) is 9.77. The second-order valence-corrected chi connectivity index (χ2v) is 8.56. The Morgan fingerprint density at radius 2 is 2.03 bits per heavy atom. The third-order valence-corrected chi connectivity index (χ3v) is 4.97. The minimum atomic E-state index is -0.275. The molecule has 7 nitrogen and oxygen atoms in total. The van der Waals surface area contributed by atoms with Crippen molar-refractivity contribution in [2.24, 2.45) is 0 Å². The summed E-state index contributed by atoms with van der Waals surface area (Å²) in [5, 5.41) is 12.4. The van der Waals surface area contributed by atoms with E-state index in [0.29, 0.717) is 36.3 Å². The molecule has 0 saturated carbocycles. The van der Waals surface area contributed by atoms with Crippen LogP contribution in [0.25, 0.3) is 5.70 Å². The van der Waals surface area contributed by atoms with Crippen LogP contribution in [-0.2, 0) is 9.53 Å². The van der Waals surface area contributed by atoms with Crippen molar-refractivity contribution < 1.29 is 14.3 Å². The number of nitriles is 1. The summed E-state index contributed by atoms with van der Waals surface area (Å²) in [6.07, 6.45) is 3.64. The quantitative estimate of drug-likeness (QED) is 0.212. The van der Waals surface area contributed by atoms with Gasteiger partial charge in [-0.1, -0.05) is 0 Å². The maximum atomic E-state index is 11.9. The second kappa shape index (κ2) is 8.87. The second-order valence-electron chi connectivity index (χ2n) is 8.56. The van der Waals surface area contributed by atoms with Crippen molar-refractivity contribution >= 4 is 47.0 Å². The number of rotatable bonds is 7. The minimum Gasteiger partial charge on any atom is -0.394 e. The zero-order chi connectivity index (χ0) is 21.8. The van der Waals surface area contributed by atoms with Gasteiger partial charge in [-0.15, -0.1) is 0 Å². The maximum Gasteiger partial charge on any atom is 0.178 e. The van der Waals surface area contributed by atoms with E-state index < -0.39 is 0 Å². The van der Waals surface area contributed by atoms with Gasteiger partial charge in [0.1, 0.15) is 40.9 Å². The highest BCUT2D eigenvalue weighted by Crippen LogP contribution is 2.35. The molecule has 1 aliphatic heterocycles. The lowest BCUT2D eigenvalue weighted by Crippen LogP contribution is -2.50. The summed E-state index contributed by atoms with van der Waals surface area (Å²) in [6, 6.07) is 3.65. The molecule has 10 heteroatoms. The first-order valence-corrected chi connectivity index (χ1v) is 9.77. The van der Waals surface area contributed by atoms with Crippen LogP contribution in [0.5, 0.6) is 0 Å². The van der Waals surface area contributed by atoms with Crippen molar-refractivity contribution in [3.63, 3.8) is 0 Å². The summed E-state index contributed by atoms with van der Waals surface area (Å²) >= 11 is 0. The Morgan fingerprint density at radius 3 is 2.48 bits per heavy atom. The van der Waals surface area contributed by atoms with E-state index >= 15 is 0 Å². The number of ketones is 1. The van der Waals surface area contributed by atoms with Gasteiger partial charge in [0, 0.05) is 32.6 Å². The zero-order valence-electron chi connectivity index (χ0n) is 18.1. The largest absolute Gasteiger partial charge is 0.394 e. The lowest BCUT2D eigenvalue weighted by molar-refractivity contribution is -0.104. The van der Waals surface area contributed by atoms with E-state index in [2.05, 4.69) is 17.2 Å². The molecule has 1 aliphatic rings. The molecular formula is C19H27B3N4O3. The van der Waals surface area contributed by atoms with Gasteiger partial charge in [0.15, 0.2) is 12.1 Å². The van der Waals surface area contributed by atoms with Gasteiger partial charge in [-0.3, -0.25) is 14.6 Å². The molecule has 0 atom stereocenters. The number of carbonyl (C=O) groups excluding carboxylic acids is 2. The van der Waals surface area contributed by atoms with Crippen LogP contribution in [0.4, 0.5) is 5.69 Å². The van der Waals surface area contributed by atoms with E-state index in [0.717, 1.165) is 12.8 Å². The van der Waals surface area contributed by atoms with Crippen LogP contribution in [0.15, 0.2) is 17.8 Å². The van der Waals surface area contributed by atoms with Gasteiger partial charge in [0.2, 0.25) is 0 Å². The number of pyridine rings is 1. The number of allylic oxidation sites excluding steroid dienone is 1. The fraction of sp³-hybridized carbons (Fsp3) is 0.474. The van der Waals surface area contributed by atoms with Crippen molar-refractivity contribution in [2.75, 3.05) is 25.5 Å². The van der Waals surface area contributed by atoms with Gasteiger partial charge in [-0.2, -0.15) is 5.26 Å². The van der Waals surface area contributed by atoms with E-state index in [-0.39, 0.29) is 28.0 Å².